The zero-order valence-electron chi connectivity index (χ0n) is 17.3. The molecule has 0 N–H and O–H groups in total. The van der Waals surface area contributed by atoms with E-state index in [0.717, 1.165) is 5.56 Å². The number of pyridine rings is 1. The van der Waals surface area contributed by atoms with Crippen molar-refractivity contribution < 1.29 is 19.0 Å². The summed E-state index contributed by atoms with van der Waals surface area (Å²) in [6.45, 7) is 1.79. The van der Waals surface area contributed by atoms with Gasteiger partial charge in [0.05, 0.1) is 30.2 Å². The molecule has 5 nitrogen and oxygen atoms in total. The Balaban J connectivity index is 2.05. The minimum absolute atomic E-state index is 0.267. The van der Waals surface area contributed by atoms with Crippen molar-refractivity contribution in [1.82, 2.24) is 4.98 Å². The normalized spacial score (nSPS) is 12.2. The van der Waals surface area contributed by atoms with Crippen molar-refractivity contribution >= 4 is 41.0 Å². The number of esters is 1. The third-order valence-electron chi connectivity index (χ3n) is 4.70. The van der Waals surface area contributed by atoms with Crippen LogP contribution in [0.25, 0.3) is 11.8 Å². The summed E-state index contributed by atoms with van der Waals surface area (Å²) in [7, 11) is 3.08. The maximum atomic E-state index is 13.0. The molecule has 3 aromatic rings. The number of aromatic nitrogens is 1. The van der Waals surface area contributed by atoms with Gasteiger partial charge in [-0.25, -0.2) is 0 Å². The lowest BCUT2D eigenvalue weighted by Crippen LogP contribution is -2.13. The van der Waals surface area contributed by atoms with Gasteiger partial charge in [-0.15, -0.1) is 0 Å². The van der Waals surface area contributed by atoms with E-state index in [-0.39, 0.29) is 5.76 Å². The van der Waals surface area contributed by atoms with E-state index < -0.39 is 11.9 Å². The van der Waals surface area contributed by atoms with Gasteiger partial charge in [0.1, 0.15) is 5.76 Å². The number of hydrogen-bond acceptors (Lipinski definition) is 5. The summed E-state index contributed by atoms with van der Waals surface area (Å²) >= 11 is 12.6. The summed E-state index contributed by atoms with van der Waals surface area (Å²) in [5.74, 6) is 0.407. The van der Waals surface area contributed by atoms with Gasteiger partial charge in [0, 0.05) is 23.5 Å². The molecule has 0 saturated carbocycles. The number of carbonyl (C=O) groups is 1. The maximum absolute atomic E-state index is 13.0. The third-order valence-corrected chi connectivity index (χ3v) is 5.30. The average Bonchev–Trinajstić information content (AvgIpc) is 2.80. The maximum Gasteiger partial charge on any atom is 0.318 e. The standard InChI is InChI=1S/C24H21Cl2NO4/c1-15(16-7-5-4-6-8-16)24(28)31-22(12-18-19(25)13-27-14-20(18)26)17-9-10-21(29-2)23(11-17)30-3/h4-15H,1-3H3/b22-12-/t15-/m0/s1. The molecule has 0 spiro atoms. The number of nitrogens with zero attached hydrogens (tertiary/aromatic N) is 1. The second-order valence-electron chi connectivity index (χ2n) is 6.65. The number of methoxy groups -OCH3 is 2. The molecule has 0 aliphatic carbocycles. The van der Waals surface area contributed by atoms with Crippen molar-refractivity contribution in [3.8, 4) is 11.5 Å². The first kappa shape index (κ1) is 22.7. The van der Waals surface area contributed by atoms with Crippen LogP contribution in [0.4, 0.5) is 0 Å². The highest BCUT2D eigenvalue weighted by Gasteiger charge is 2.21. The Bertz CT molecular complexity index is 1080. The zero-order valence-corrected chi connectivity index (χ0v) is 18.8. The van der Waals surface area contributed by atoms with E-state index in [1.54, 1.807) is 38.3 Å². The molecule has 7 heteroatoms. The molecule has 3 rings (SSSR count). The number of rotatable bonds is 7. The van der Waals surface area contributed by atoms with E-state index >= 15 is 0 Å². The van der Waals surface area contributed by atoms with Crippen LogP contribution in [0.2, 0.25) is 10.0 Å². The van der Waals surface area contributed by atoms with Crippen LogP contribution in [0.5, 0.6) is 11.5 Å². The molecule has 1 atom stereocenters. The van der Waals surface area contributed by atoms with Crippen molar-refractivity contribution in [3.05, 3.63) is 87.7 Å². The lowest BCUT2D eigenvalue weighted by atomic mass is 10.0. The van der Waals surface area contributed by atoms with Crippen LogP contribution in [-0.4, -0.2) is 25.2 Å². The second kappa shape index (κ2) is 10.3. The van der Waals surface area contributed by atoms with Gasteiger partial charge < -0.3 is 14.2 Å². The highest BCUT2D eigenvalue weighted by Crippen LogP contribution is 2.34. The Morgan fingerprint density at radius 1 is 0.968 bits per heavy atom. The Morgan fingerprint density at radius 3 is 2.23 bits per heavy atom. The Kier molecular flexibility index (Phi) is 7.55. The summed E-state index contributed by atoms with van der Waals surface area (Å²) in [5, 5.41) is 0.662. The molecule has 0 amide bonds. The van der Waals surface area contributed by atoms with Crippen LogP contribution in [0, 0.1) is 0 Å². The second-order valence-corrected chi connectivity index (χ2v) is 7.46. The summed E-state index contributed by atoms with van der Waals surface area (Å²) < 4.78 is 16.5. The Labute approximate surface area is 191 Å². The van der Waals surface area contributed by atoms with Crippen LogP contribution in [-0.2, 0) is 9.53 Å². The molecule has 1 aromatic heterocycles. The van der Waals surface area contributed by atoms with Crippen LogP contribution in [0.15, 0.2) is 60.9 Å². The molecule has 160 valence electrons. The van der Waals surface area contributed by atoms with Gasteiger partial charge in [-0.2, -0.15) is 0 Å². The minimum atomic E-state index is -0.479. The Morgan fingerprint density at radius 2 is 1.61 bits per heavy atom. The third kappa shape index (κ3) is 5.37. The lowest BCUT2D eigenvalue weighted by Gasteiger charge is -2.16. The number of carbonyl (C=O) groups excluding carboxylic acids is 1. The van der Waals surface area contributed by atoms with Gasteiger partial charge in [0.25, 0.3) is 0 Å². The van der Waals surface area contributed by atoms with Crippen LogP contribution in [0.1, 0.15) is 29.5 Å². The summed E-state index contributed by atoms with van der Waals surface area (Å²) in [4.78, 5) is 16.9. The number of benzene rings is 2. The highest BCUT2D eigenvalue weighted by molar-refractivity contribution is 6.37. The molecule has 0 unspecified atom stereocenters. The average molecular weight is 458 g/mol. The summed E-state index contributed by atoms with van der Waals surface area (Å²) in [6, 6.07) is 14.6. The first-order valence-electron chi connectivity index (χ1n) is 9.44. The molecule has 0 fully saturated rings. The minimum Gasteiger partial charge on any atom is -0.493 e. The van der Waals surface area contributed by atoms with Crippen molar-refractivity contribution in [2.75, 3.05) is 14.2 Å². The quantitative estimate of drug-likeness (QED) is 0.309. The molecule has 1 heterocycles. The van der Waals surface area contributed by atoms with E-state index in [1.165, 1.54) is 19.5 Å². The predicted octanol–water partition coefficient (Wildman–Crippen LogP) is 6.25. The van der Waals surface area contributed by atoms with Gasteiger partial charge in [-0.3, -0.25) is 9.78 Å². The monoisotopic (exact) mass is 457 g/mol. The molecule has 0 bridgehead atoms. The molecule has 0 radical (unpaired) electrons. The van der Waals surface area contributed by atoms with E-state index in [2.05, 4.69) is 4.98 Å². The number of ether oxygens (including phenoxy) is 3. The van der Waals surface area contributed by atoms with E-state index in [0.29, 0.717) is 32.7 Å². The van der Waals surface area contributed by atoms with E-state index in [4.69, 9.17) is 37.4 Å². The summed E-state index contributed by atoms with van der Waals surface area (Å²) in [5.41, 5.74) is 1.93. The number of halogens is 2. The van der Waals surface area contributed by atoms with E-state index in [9.17, 15) is 4.79 Å². The molecular weight excluding hydrogens is 437 g/mol. The predicted molar refractivity (Wildman–Crippen MR) is 123 cm³/mol. The van der Waals surface area contributed by atoms with Crippen molar-refractivity contribution in [1.29, 1.82) is 0 Å². The van der Waals surface area contributed by atoms with Gasteiger partial charge in [0.15, 0.2) is 11.5 Å². The number of hydrogen-bond donors (Lipinski definition) is 0. The van der Waals surface area contributed by atoms with Gasteiger partial charge in [-0.05, 0) is 36.8 Å². The molecule has 0 saturated heterocycles. The topological polar surface area (TPSA) is 57.7 Å². The van der Waals surface area contributed by atoms with Crippen molar-refractivity contribution in [2.24, 2.45) is 0 Å². The fraction of sp³-hybridized carbons (Fsp3) is 0.167. The SMILES string of the molecule is COc1ccc(/C(=C/c2c(Cl)cncc2Cl)OC(=O)[C@@H](C)c2ccccc2)cc1OC. The fourth-order valence-corrected chi connectivity index (χ4v) is 3.40. The fourth-order valence-electron chi connectivity index (χ4n) is 2.93. The molecule has 0 aliphatic heterocycles. The van der Waals surface area contributed by atoms with Crippen LogP contribution < -0.4 is 9.47 Å². The first-order chi connectivity index (χ1) is 14.9. The Hall–Kier alpha value is -3.02. The molecule has 2 aromatic carbocycles. The first-order valence-corrected chi connectivity index (χ1v) is 10.2. The van der Waals surface area contributed by atoms with Crippen LogP contribution >= 0.6 is 23.2 Å². The smallest absolute Gasteiger partial charge is 0.318 e. The van der Waals surface area contributed by atoms with Gasteiger partial charge in [-0.1, -0.05) is 53.5 Å². The van der Waals surface area contributed by atoms with Crippen molar-refractivity contribution in [3.63, 3.8) is 0 Å². The van der Waals surface area contributed by atoms with Crippen LogP contribution in [0.3, 0.4) is 0 Å². The largest absolute Gasteiger partial charge is 0.493 e. The highest BCUT2D eigenvalue weighted by atomic mass is 35.5. The van der Waals surface area contributed by atoms with Gasteiger partial charge >= 0.3 is 5.97 Å². The lowest BCUT2D eigenvalue weighted by molar-refractivity contribution is -0.137. The molecular formula is C24H21Cl2NO4. The van der Waals surface area contributed by atoms with Crippen molar-refractivity contribution in [2.45, 2.75) is 12.8 Å². The molecule has 31 heavy (non-hydrogen) atoms. The van der Waals surface area contributed by atoms with Gasteiger partial charge in [0.2, 0.25) is 0 Å². The molecule has 0 aliphatic rings. The zero-order chi connectivity index (χ0) is 22.4. The van der Waals surface area contributed by atoms with E-state index in [1.807, 2.05) is 30.3 Å². The summed E-state index contributed by atoms with van der Waals surface area (Å²) in [6.07, 6.45) is 4.56.